The number of benzene rings is 1. The minimum atomic E-state index is 0.180. The molecule has 0 saturated carbocycles. The molecule has 1 saturated heterocycles. The zero-order valence-corrected chi connectivity index (χ0v) is 15.1. The van der Waals surface area contributed by atoms with E-state index in [1.807, 2.05) is 18.3 Å². The van der Waals surface area contributed by atoms with Crippen molar-refractivity contribution in [3.05, 3.63) is 42.9 Å². The summed E-state index contributed by atoms with van der Waals surface area (Å²) in [5.74, 6) is 1.63. The van der Waals surface area contributed by atoms with Crippen LogP contribution in [0.4, 0.5) is 11.5 Å². The number of hydrogen-bond acceptors (Lipinski definition) is 6. The highest BCUT2D eigenvalue weighted by Crippen LogP contribution is 2.28. The van der Waals surface area contributed by atoms with E-state index in [1.165, 1.54) is 0 Å². The molecule has 2 aromatic heterocycles. The number of phenolic OH excluding ortho intramolecular Hbond substituents is 1. The number of ketones is 1. The number of fused-ring (bicyclic) bond motifs is 1. The van der Waals surface area contributed by atoms with Crippen molar-refractivity contribution in [3.63, 3.8) is 0 Å². The van der Waals surface area contributed by atoms with Gasteiger partial charge in [-0.05, 0) is 37.0 Å². The maximum Gasteiger partial charge on any atom is 0.152 e. The summed E-state index contributed by atoms with van der Waals surface area (Å²) in [6, 6.07) is 8.82. The fourth-order valence-electron chi connectivity index (χ4n) is 3.75. The van der Waals surface area contributed by atoms with E-state index in [1.54, 1.807) is 24.5 Å². The van der Waals surface area contributed by atoms with E-state index < -0.39 is 0 Å². The standard InChI is InChI=1S/C20H23N5O2/c26-16-5-1-4-15(10-16)22-11-17(27)9-14-3-2-8-25(12-14)20-18-6-7-21-19(18)23-13-24-20/h1,4-7,10,13-14,22,26H,2-3,8-9,11-12H2,(H,21,23,24)/t14-/m0/s1. The molecule has 7 heteroatoms. The third-order valence-electron chi connectivity index (χ3n) is 5.00. The maximum absolute atomic E-state index is 12.4. The summed E-state index contributed by atoms with van der Waals surface area (Å²) in [4.78, 5) is 26.5. The van der Waals surface area contributed by atoms with Crippen molar-refractivity contribution in [1.29, 1.82) is 0 Å². The Kier molecular flexibility index (Phi) is 4.91. The van der Waals surface area contributed by atoms with E-state index in [2.05, 4.69) is 25.2 Å². The first-order valence-electron chi connectivity index (χ1n) is 9.26. The van der Waals surface area contributed by atoms with E-state index in [-0.39, 0.29) is 18.1 Å². The molecule has 0 aliphatic carbocycles. The van der Waals surface area contributed by atoms with E-state index in [0.717, 1.165) is 48.5 Å². The summed E-state index contributed by atoms with van der Waals surface area (Å²) in [7, 11) is 0. The van der Waals surface area contributed by atoms with Crippen LogP contribution in [0.1, 0.15) is 19.3 Å². The van der Waals surface area contributed by atoms with Crippen LogP contribution in [0, 0.1) is 5.92 Å². The van der Waals surface area contributed by atoms with Gasteiger partial charge in [0.25, 0.3) is 0 Å². The van der Waals surface area contributed by atoms with Crippen molar-refractivity contribution in [2.45, 2.75) is 19.3 Å². The lowest BCUT2D eigenvalue weighted by atomic mass is 9.92. The smallest absolute Gasteiger partial charge is 0.152 e. The lowest BCUT2D eigenvalue weighted by Gasteiger charge is -2.33. The zero-order chi connectivity index (χ0) is 18.6. The molecule has 4 rings (SSSR count). The van der Waals surface area contributed by atoms with Crippen molar-refractivity contribution in [2.24, 2.45) is 5.92 Å². The SMILES string of the molecule is O=C(CNc1cccc(O)c1)C[C@@H]1CCCN(c2ncnc3[nH]ccc23)C1. The number of H-pyrrole nitrogens is 1. The molecule has 1 atom stereocenters. The maximum atomic E-state index is 12.4. The number of hydrogen-bond donors (Lipinski definition) is 3. The number of aromatic hydroxyl groups is 1. The largest absolute Gasteiger partial charge is 0.508 e. The third kappa shape index (κ3) is 4.02. The summed E-state index contributed by atoms with van der Waals surface area (Å²) < 4.78 is 0. The van der Waals surface area contributed by atoms with Crippen LogP contribution >= 0.6 is 0 Å². The number of nitrogens with zero attached hydrogens (tertiary/aromatic N) is 3. The predicted octanol–water partition coefficient (Wildman–Crippen LogP) is 2.95. The number of carbonyl (C=O) groups excluding carboxylic acids is 1. The van der Waals surface area contributed by atoms with E-state index in [0.29, 0.717) is 12.3 Å². The number of phenols is 1. The molecule has 3 aromatic rings. The monoisotopic (exact) mass is 365 g/mol. The molecular weight excluding hydrogens is 342 g/mol. The van der Waals surface area contributed by atoms with E-state index in [9.17, 15) is 9.90 Å². The Bertz CT molecular complexity index is 939. The minimum absolute atomic E-state index is 0.180. The molecule has 27 heavy (non-hydrogen) atoms. The highest BCUT2D eigenvalue weighted by molar-refractivity contribution is 5.87. The van der Waals surface area contributed by atoms with Gasteiger partial charge in [0, 0.05) is 37.5 Å². The van der Waals surface area contributed by atoms with Gasteiger partial charge in [-0.1, -0.05) is 6.07 Å². The van der Waals surface area contributed by atoms with Crippen LogP contribution in [-0.2, 0) is 4.79 Å². The predicted molar refractivity (Wildman–Crippen MR) is 105 cm³/mol. The van der Waals surface area contributed by atoms with Gasteiger partial charge in [-0.2, -0.15) is 0 Å². The molecular formula is C20H23N5O2. The van der Waals surface area contributed by atoms with Crippen LogP contribution < -0.4 is 10.2 Å². The van der Waals surface area contributed by atoms with Gasteiger partial charge in [-0.15, -0.1) is 0 Å². The topological polar surface area (TPSA) is 94.1 Å². The molecule has 0 amide bonds. The first-order chi connectivity index (χ1) is 13.2. The van der Waals surface area contributed by atoms with E-state index in [4.69, 9.17) is 0 Å². The molecule has 7 nitrogen and oxygen atoms in total. The molecule has 3 N–H and O–H groups in total. The van der Waals surface area contributed by atoms with Crippen molar-refractivity contribution in [2.75, 3.05) is 29.9 Å². The normalized spacial score (nSPS) is 17.2. The summed E-state index contributed by atoms with van der Waals surface area (Å²) in [6.45, 7) is 2.05. The Morgan fingerprint density at radius 1 is 1.33 bits per heavy atom. The molecule has 1 aliphatic heterocycles. The molecule has 3 heterocycles. The average Bonchev–Trinajstić information content (AvgIpc) is 3.15. The molecule has 1 fully saturated rings. The number of anilines is 2. The summed E-state index contributed by atoms with van der Waals surface area (Å²) in [6.07, 6.45) is 6.11. The highest BCUT2D eigenvalue weighted by atomic mass is 16.3. The van der Waals surface area contributed by atoms with Crippen molar-refractivity contribution in [1.82, 2.24) is 15.0 Å². The van der Waals surface area contributed by atoms with Gasteiger partial charge in [-0.25, -0.2) is 9.97 Å². The van der Waals surface area contributed by atoms with Crippen LogP contribution in [0.5, 0.6) is 5.75 Å². The van der Waals surface area contributed by atoms with Crippen LogP contribution in [0.15, 0.2) is 42.9 Å². The quantitative estimate of drug-likeness (QED) is 0.622. The van der Waals surface area contributed by atoms with Gasteiger partial charge in [-0.3, -0.25) is 4.79 Å². The molecule has 1 aliphatic rings. The Hall–Kier alpha value is -3.09. The van der Waals surface area contributed by atoms with Crippen LogP contribution in [0.25, 0.3) is 11.0 Å². The number of Topliss-reactive ketones (excluding diaryl/α,β-unsaturated/α-hetero) is 1. The third-order valence-corrected chi connectivity index (χ3v) is 5.00. The van der Waals surface area contributed by atoms with Crippen LogP contribution in [0.3, 0.4) is 0 Å². The number of rotatable bonds is 6. The summed E-state index contributed by atoms with van der Waals surface area (Å²) in [5.41, 5.74) is 1.60. The highest BCUT2D eigenvalue weighted by Gasteiger charge is 2.24. The number of nitrogens with one attached hydrogen (secondary N) is 2. The van der Waals surface area contributed by atoms with Crippen LogP contribution in [-0.4, -0.2) is 45.5 Å². The van der Waals surface area contributed by atoms with Gasteiger partial charge in [0.1, 0.15) is 23.5 Å². The van der Waals surface area contributed by atoms with Crippen LogP contribution in [0.2, 0.25) is 0 Å². The number of aromatic amines is 1. The van der Waals surface area contributed by atoms with Gasteiger partial charge in [0.05, 0.1) is 11.9 Å². The number of carbonyl (C=O) groups is 1. The Labute approximate surface area is 157 Å². The zero-order valence-electron chi connectivity index (χ0n) is 15.1. The summed E-state index contributed by atoms with van der Waals surface area (Å²) >= 11 is 0. The fourth-order valence-corrected chi connectivity index (χ4v) is 3.75. The molecule has 1 aromatic carbocycles. The second-order valence-corrected chi connectivity index (χ2v) is 7.04. The van der Waals surface area contributed by atoms with Crippen molar-refractivity contribution >= 4 is 28.3 Å². The molecule has 140 valence electrons. The lowest BCUT2D eigenvalue weighted by Crippen LogP contribution is -2.37. The van der Waals surface area contributed by atoms with Gasteiger partial charge in [0.2, 0.25) is 0 Å². The number of piperidine rings is 1. The van der Waals surface area contributed by atoms with Gasteiger partial charge in [0.15, 0.2) is 5.78 Å². The number of aromatic nitrogens is 3. The molecule has 0 radical (unpaired) electrons. The Morgan fingerprint density at radius 2 is 2.26 bits per heavy atom. The van der Waals surface area contributed by atoms with Gasteiger partial charge < -0.3 is 20.3 Å². The molecule has 0 bridgehead atoms. The average molecular weight is 365 g/mol. The minimum Gasteiger partial charge on any atom is -0.508 e. The fraction of sp³-hybridized carbons (Fsp3) is 0.350. The lowest BCUT2D eigenvalue weighted by molar-refractivity contribution is -0.118. The first kappa shape index (κ1) is 17.3. The Balaban J connectivity index is 1.35. The Morgan fingerprint density at radius 3 is 3.15 bits per heavy atom. The second kappa shape index (κ2) is 7.65. The molecule has 0 spiro atoms. The first-order valence-corrected chi connectivity index (χ1v) is 9.26. The molecule has 0 unspecified atom stereocenters. The van der Waals surface area contributed by atoms with Crippen molar-refractivity contribution < 1.29 is 9.90 Å². The second-order valence-electron chi connectivity index (χ2n) is 7.04. The summed E-state index contributed by atoms with van der Waals surface area (Å²) in [5, 5.41) is 13.6. The van der Waals surface area contributed by atoms with Gasteiger partial charge >= 0.3 is 0 Å². The van der Waals surface area contributed by atoms with Crippen molar-refractivity contribution in [3.8, 4) is 5.75 Å². The van der Waals surface area contributed by atoms with E-state index >= 15 is 0 Å².